The van der Waals surface area contributed by atoms with Crippen molar-refractivity contribution in [3.8, 4) is 5.75 Å². The molecule has 0 radical (unpaired) electrons. The molecule has 9 heteroatoms. The third-order valence-electron chi connectivity index (χ3n) is 8.46. The minimum atomic E-state index is -1.00. The molecule has 226 valence electrons. The van der Waals surface area contributed by atoms with Crippen LogP contribution >= 0.6 is 11.6 Å². The minimum Gasteiger partial charge on any atom is -0.487 e. The number of halogens is 1. The number of carbonyl (C=O) groups excluding carboxylic acids is 2. The second kappa shape index (κ2) is 11.3. The third-order valence-corrected chi connectivity index (χ3v) is 8.75. The van der Waals surface area contributed by atoms with Crippen LogP contribution in [0, 0.1) is 10.8 Å². The Balaban J connectivity index is 1.55. The zero-order chi connectivity index (χ0) is 31.3. The van der Waals surface area contributed by atoms with Gasteiger partial charge in [-0.15, -0.1) is 0 Å². The zero-order valence-electron chi connectivity index (χ0n) is 24.8. The maximum Gasteiger partial charge on any atom is 0.335 e. The van der Waals surface area contributed by atoms with E-state index in [1.807, 2.05) is 38.7 Å². The normalized spacial score (nSPS) is 19.7. The van der Waals surface area contributed by atoms with Crippen molar-refractivity contribution in [2.45, 2.75) is 72.3 Å². The summed E-state index contributed by atoms with van der Waals surface area (Å²) in [5.41, 5.74) is 3.76. The molecule has 0 saturated carbocycles. The van der Waals surface area contributed by atoms with Crippen LogP contribution in [0.2, 0.25) is 5.02 Å². The number of carbonyl (C=O) groups is 4. The summed E-state index contributed by atoms with van der Waals surface area (Å²) in [6, 6.07) is 11.7. The SMILES string of the molecule is CC1(C)CC(=O)C2=C(C1)N(CCC(=O)O)C1=C(C(=O)CC(C)(C)C1)C2c1ccc(OCc2ccc(C(=O)O)cc2)c(Cl)c1. The number of benzene rings is 2. The Morgan fingerprint density at radius 3 is 1.93 bits per heavy atom. The highest BCUT2D eigenvalue weighted by molar-refractivity contribution is 6.32. The lowest BCUT2D eigenvalue weighted by Gasteiger charge is -2.49. The maximum atomic E-state index is 13.9. The highest BCUT2D eigenvalue weighted by atomic mass is 35.5. The van der Waals surface area contributed by atoms with E-state index in [9.17, 15) is 24.3 Å². The van der Waals surface area contributed by atoms with Gasteiger partial charge in [0.2, 0.25) is 0 Å². The molecule has 2 aromatic rings. The summed E-state index contributed by atoms with van der Waals surface area (Å²) in [5.74, 6) is -2.20. The van der Waals surface area contributed by atoms with Gasteiger partial charge in [-0.2, -0.15) is 0 Å². The number of ether oxygens (including phenoxy) is 1. The summed E-state index contributed by atoms with van der Waals surface area (Å²) in [5, 5.41) is 19.0. The van der Waals surface area contributed by atoms with E-state index >= 15 is 0 Å². The monoisotopic (exact) mass is 605 g/mol. The quantitative estimate of drug-likeness (QED) is 0.338. The molecule has 2 N–H and O–H groups in total. The molecule has 0 bridgehead atoms. The average molecular weight is 606 g/mol. The van der Waals surface area contributed by atoms with Gasteiger partial charge in [-0.05, 0) is 59.1 Å². The first-order valence-corrected chi connectivity index (χ1v) is 14.8. The Hall–Kier alpha value is -3.91. The first kappa shape index (κ1) is 30.5. The predicted molar refractivity (Wildman–Crippen MR) is 161 cm³/mol. The van der Waals surface area contributed by atoms with Gasteiger partial charge in [0.1, 0.15) is 12.4 Å². The average Bonchev–Trinajstić information content (AvgIpc) is 2.89. The largest absolute Gasteiger partial charge is 0.487 e. The molecular weight excluding hydrogens is 570 g/mol. The van der Waals surface area contributed by atoms with Crippen molar-refractivity contribution in [3.63, 3.8) is 0 Å². The molecule has 3 aliphatic rings. The van der Waals surface area contributed by atoms with E-state index in [1.54, 1.807) is 24.3 Å². The van der Waals surface area contributed by atoms with Crippen molar-refractivity contribution >= 4 is 35.1 Å². The van der Waals surface area contributed by atoms with E-state index in [-0.39, 0.29) is 47.5 Å². The number of carboxylic acids is 2. The van der Waals surface area contributed by atoms with E-state index in [4.69, 9.17) is 21.4 Å². The Labute approximate surface area is 256 Å². The zero-order valence-corrected chi connectivity index (χ0v) is 25.6. The number of carboxylic acid groups (broad SMARTS) is 2. The topological polar surface area (TPSA) is 121 Å². The van der Waals surface area contributed by atoms with Gasteiger partial charge in [-0.1, -0.05) is 57.5 Å². The van der Waals surface area contributed by atoms with E-state index in [2.05, 4.69) is 0 Å². The lowest BCUT2D eigenvalue weighted by Crippen LogP contribution is -2.45. The van der Waals surface area contributed by atoms with Crippen LogP contribution in [0.1, 0.15) is 87.2 Å². The lowest BCUT2D eigenvalue weighted by molar-refractivity contribution is -0.137. The van der Waals surface area contributed by atoms with Gasteiger partial charge in [-0.25, -0.2) is 4.79 Å². The molecule has 0 unspecified atom stereocenters. The summed E-state index contributed by atoms with van der Waals surface area (Å²) >= 11 is 6.73. The van der Waals surface area contributed by atoms with E-state index in [0.29, 0.717) is 53.2 Å². The molecule has 2 aromatic carbocycles. The molecule has 0 saturated heterocycles. The van der Waals surface area contributed by atoms with Crippen LogP contribution in [0.25, 0.3) is 0 Å². The second-order valence-corrected chi connectivity index (χ2v) is 13.7. The van der Waals surface area contributed by atoms with E-state index in [0.717, 1.165) is 17.0 Å². The molecule has 0 amide bonds. The lowest BCUT2D eigenvalue weighted by atomic mass is 9.63. The molecule has 2 aliphatic carbocycles. The van der Waals surface area contributed by atoms with Gasteiger partial charge in [-0.3, -0.25) is 14.4 Å². The van der Waals surface area contributed by atoms with Crippen LogP contribution in [-0.2, 0) is 21.0 Å². The summed E-state index contributed by atoms with van der Waals surface area (Å²) in [4.78, 5) is 52.5. The van der Waals surface area contributed by atoms with Crippen LogP contribution < -0.4 is 4.74 Å². The number of rotatable bonds is 8. The number of Topliss-reactive ketones (excluding diaryl/α,β-unsaturated/α-hetero) is 2. The van der Waals surface area contributed by atoms with Crippen molar-refractivity contribution < 1.29 is 34.1 Å². The molecule has 0 fully saturated rings. The number of nitrogens with zero attached hydrogens (tertiary/aromatic N) is 1. The summed E-state index contributed by atoms with van der Waals surface area (Å²) < 4.78 is 5.95. The highest BCUT2D eigenvalue weighted by Crippen LogP contribution is 2.54. The van der Waals surface area contributed by atoms with Crippen LogP contribution in [0.5, 0.6) is 5.75 Å². The molecule has 43 heavy (non-hydrogen) atoms. The summed E-state index contributed by atoms with van der Waals surface area (Å²) in [6.07, 6.45) is 1.72. The molecule has 0 atom stereocenters. The van der Waals surface area contributed by atoms with Crippen LogP contribution in [0.3, 0.4) is 0 Å². The van der Waals surface area contributed by atoms with Crippen LogP contribution in [0.15, 0.2) is 65.0 Å². The number of ketones is 2. The van der Waals surface area contributed by atoms with E-state index in [1.165, 1.54) is 12.1 Å². The molecule has 5 rings (SSSR count). The Morgan fingerprint density at radius 2 is 1.44 bits per heavy atom. The van der Waals surface area contributed by atoms with Gasteiger partial charge in [0.25, 0.3) is 0 Å². The van der Waals surface area contributed by atoms with Crippen molar-refractivity contribution in [2.24, 2.45) is 10.8 Å². The molecule has 1 heterocycles. The van der Waals surface area contributed by atoms with Crippen LogP contribution in [-0.4, -0.2) is 45.2 Å². The fourth-order valence-corrected chi connectivity index (χ4v) is 6.82. The number of aromatic carboxylic acids is 1. The Morgan fingerprint density at radius 1 is 0.884 bits per heavy atom. The molecule has 8 nitrogen and oxygen atoms in total. The van der Waals surface area contributed by atoms with Crippen molar-refractivity contribution in [2.75, 3.05) is 6.54 Å². The highest BCUT2D eigenvalue weighted by Gasteiger charge is 2.49. The molecule has 0 spiro atoms. The fourth-order valence-electron chi connectivity index (χ4n) is 6.58. The van der Waals surface area contributed by atoms with Crippen LogP contribution in [0.4, 0.5) is 0 Å². The number of aliphatic carboxylic acids is 1. The molecule has 0 aromatic heterocycles. The molecule has 1 aliphatic heterocycles. The van der Waals surface area contributed by atoms with Crippen molar-refractivity contribution in [1.29, 1.82) is 0 Å². The van der Waals surface area contributed by atoms with Gasteiger partial charge in [0.15, 0.2) is 11.6 Å². The summed E-state index contributed by atoms with van der Waals surface area (Å²) in [7, 11) is 0. The summed E-state index contributed by atoms with van der Waals surface area (Å²) in [6.45, 7) is 8.52. The number of allylic oxidation sites excluding steroid dienone is 4. The van der Waals surface area contributed by atoms with Gasteiger partial charge < -0.3 is 19.8 Å². The van der Waals surface area contributed by atoms with Gasteiger partial charge in [0.05, 0.1) is 17.0 Å². The Kier molecular flexibility index (Phi) is 8.03. The van der Waals surface area contributed by atoms with E-state index < -0.39 is 17.9 Å². The predicted octanol–water partition coefficient (Wildman–Crippen LogP) is 6.78. The van der Waals surface area contributed by atoms with Crippen molar-refractivity contribution in [1.82, 2.24) is 4.90 Å². The van der Waals surface area contributed by atoms with Gasteiger partial charge in [0, 0.05) is 47.8 Å². The maximum absolute atomic E-state index is 13.9. The molecular formula is C34H36ClNO7. The third kappa shape index (κ3) is 6.25. The standard InChI is InChI=1S/C34H36ClNO7/c1-33(2)14-23-30(25(37)16-33)29(31-24(36(23)12-11-28(39)40)15-34(3,4)17-26(31)38)21-9-10-27(22(35)13-21)43-18-19-5-7-20(8-6-19)32(41)42/h5-10,13,29H,11-12,14-18H2,1-4H3,(H,39,40)(H,41,42). The second-order valence-electron chi connectivity index (χ2n) is 13.3. The first-order chi connectivity index (χ1) is 20.2. The number of hydrogen-bond acceptors (Lipinski definition) is 6. The minimum absolute atomic E-state index is 0.0398. The van der Waals surface area contributed by atoms with Gasteiger partial charge >= 0.3 is 11.9 Å². The first-order valence-electron chi connectivity index (χ1n) is 14.4. The van der Waals surface area contributed by atoms with Crippen molar-refractivity contribution in [3.05, 3.63) is 86.7 Å². The Bertz CT molecular complexity index is 1530. The smallest absolute Gasteiger partial charge is 0.335 e. The fraction of sp³-hybridized carbons (Fsp3) is 0.412. The number of hydrogen-bond donors (Lipinski definition) is 2.